The molecule has 0 aromatic carbocycles. The summed E-state index contributed by atoms with van der Waals surface area (Å²) in [4.78, 5) is 39.5. The molecule has 22 heavy (non-hydrogen) atoms. The van der Waals surface area contributed by atoms with Crippen LogP contribution in [-0.4, -0.2) is 47.3 Å². The summed E-state index contributed by atoms with van der Waals surface area (Å²) in [6, 6.07) is 0.973. The number of nitro groups is 1. The number of carbonyl (C=O) groups is 2. The Kier molecular flexibility index (Phi) is 6.00. The monoisotopic (exact) mass is 327 g/mol. The number of ketones is 1. The number of pyridine rings is 1. The van der Waals surface area contributed by atoms with Crippen molar-refractivity contribution in [2.45, 2.75) is 6.92 Å². The molecular weight excluding hydrogens is 314 g/mol. The van der Waals surface area contributed by atoms with Crippen molar-refractivity contribution in [1.29, 1.82) is 0 Å². The second-order valence-corrected chi connectivity index (χ2v) is 4.70. The molecule has 0 bridgehead atoms. The average molecular weight is 328 g/mol. The fraction of sp³-hybridized carbons (Fsp3) is 0.308. The van der Waals surface area contributed by atoms with Crippen molar-refractivity contribution in [3.63, 3.8) is 0 Å². The van der Waals surface area contributed by atoms with E-state index in [0.29, 0.717) is 0 Å². The van der Waals surface area contributed by atoms with Crippen LogP contribution in [0, 0.1) is 10.1 Å². The summed E-state index contributed by atoms with van der Waals surface area (Å²) in [5.74, 6) is -1.64. The minimum atomic E-state index is -0.844. The highest BCUT2D eigenvalue weighted by atomic mass is 35.5. The largest absolute Gasteiger partial charge is 0.462 e. The molecule has 0 aliphatic carbocycles. The van der Waals surface area contributed by atoms with Crippen LogP contribution in [0.2, 0.25) is 5.15 Å². The standard InChI is InChI=1S/C13H14ClN3O5/c1-4-22-13(19)10(7-16(2)3)11(18)9-5-8(17(20)21)6-15-12(9)14/h5-7H,4H2,1-3H3/b10-7-. The minimum absolute atomic E-state index is 0.0812. The summed E-state index contributed by atoms with van der Waals surface area (Å²) < 4.78 is 4.81. The summed E-state index contributed by atoms with van der Waals surface area (Å²) in [6.07, 6.45) is 2.19. The minimum Gasteiger partial charge on any atom is -0.462 e. The van der Waals surface area contributed by atoms with Crippen LogP contribution in [0.25, 0.3) is 0 Å². The van der Waals surface area contributed by atoms with Crippen LogP contribution >= 0.6 is 11.6 Å². The van der Waals surface area contributed by atoms with Gasteiger partial charge in [0.05, 0.1) is 17.1 Å². The summed E-state index contributed by atoms with van der Waals surface area (Å²) in [6.45, 7) is 1.68. The zero-order valence-corrected chi connectivity index (χ0v) is 13.0. The molecule has 0 aliphatic heterocycles. The quantitative estimate of drug-likeness (QED) is 0.115. The first kappa shape index (κ1) is 17.6. The molecule has 0 saturated heterocycles. The van der Waals surface area contributed by atoms with Crippen molar-refractivity contribution in [2.24, 2.45) is 0 Å². The van der Waals surface area contributed by atoms with Crippen molar-refractivity contribution in [3.05, 3.63) is 44.9 Å². The first-order chi connectivity index (χ1) is 10.3. The molecule has 0 unspecified atom stereocenters. The zero-order valence-electron chi connectivity index (χ0n) is 12.2. The van der Waals surface area contributed by atoms with Gasteiger partial charge in [0.2, 0.25) is 5.78 Å². The molecule has 8 nitrogen and oxygen atoms in total. The third-order valence-electron chi connectivity index (χ3n) is 2.41. The lowest BCUT2D eigenvalue weighted by atomic mass is 10.1. The molecule has 118 valence electrons. The molecule has 0 radical (unpaired) electrons. The molecule has 0 fully saturated rings. The van der Waals surface area contributed by atoms with Crippen molar-refractivity contribution in [1.82, 2.24) is 9.88 Å². The van der Waals surface area contributed by atoms with Crippen LogP contribution in [0.15, 0.2) is 24.0 Å². The third kappa shape index (κ3) is 4.26. The van der Waals surface area contributed by atoms with E-state index in [0.717, 1.165) is 12.3 Å². The molecular formula is C13H14ClN3O5. The SMILES string of the molecule is CCOC(=O)/C(=C\N(C)C)C(=O)c1cc([N+](=O)[O-])cnc1Cl. The first-order valence-electron chi connectivity index (χ1n) is 6.18. The number of hydrogen-bond donors (Lipinski definition) is 0. The predicted octanol–water partition coefficient (Wildman–Crippen LogP) is 1.83. The van der Waals surface area contributed by atoms with E-state index in [4.69, 9.17) is 16.3 Å². The van der Waals surface area contributed by atoms with E-state index in [2.05, 4.69) is 4.98 Å². The Morgan fingerprint density at radius 3 is 2.64 bits per heavy atom. The number of aromatic nitrogens is 1. The Bertz CT molecular complexity index is 643. The highest BCUT2D eigenvalue weighted by Gasteiger charge is 2.26. The van der Waals surface area contributed by atoms with E-state index < -0.39 is 22.4 Å². The topological polar surface area (TPSA) is 103 Å². The van der Waals surface area contributed by atoms with Crippen LogP contribution in [-0.2, 0) is 9.53 Å². The smallest absolute Gasteiger partial charge is 0.343 e. The van der Waals surface area contributed by atoms with E-state index >= 15 is 0 Å². The van der Waals surface area contributed by atoms with Crippen molar-refractivity contribution in [3.8, 4) is 0 Å². The van der Waals surface area contributed by atoms with Gasteiger partial charge in [0.25, 0.3) is 5.69 Å². The molecule has 1 aromatic heterocycles. The van der Waals surface area contributed by atoms with Crippen LogP contribution in [0.4, 0.5) is 5.69 Å². The second-order valence-electron chi connectivity index (χ2n) is 4.34. The van der Waals surface area contributed by atoms with E-state index in [1.807, 2.05) is 0 Å². The fourth-order valence-corrected chi connectivity index (χ4v) is 1.70. The average Bonchev–Trinajstić information content (AvgIpc) is 2.44. The van der Waals surface area contributed by atoms with Gasteiger partial charge in [0.1, 0.15) is 16.9 Å². The lowest BCUT2D eigenvalue weighted by Crippen LogP contribution is -2.20. The van der Waals surface area contributed by atoms with Gasteiger partial charge in [0, 0.05) is 26.4 Å². The molecule has 0 atom stereocenters. The number of carbonyl (C=O) groups excluding carboxylic acids is 2. The number of hydrogen-bond acceptors (Lipinski definition) is 7. The van der Waals surface area contributed by atoms with Crippen molar-refractivity contribution >= 4 is 29.0 Å². The van der Waals surface area contributed by atoms with Gasteiger partial charge >= 0.3 is 5.97 Å². The number of ether oxygens (including phenoxy) is 1. The lowest BCUT2D eigenvalue weighted by Gasteiger charge is -2.11. The zero-order chi connectivity index (χ0) is 16.9. The molecule has 1 aromatic rings. The van der Waals surface area contributed by atoms with Crippen molar-refractivity contribution in [2.75, 3.05) is 20.7 Å². The van der Waals surface area contributed by atoms with Crippen LogP contribution in [0.5, 0.6) is 0 Å². The normalized spacial score (nSPS) is 11.0. The number of esters is 1. The van der Waals surface area contributed by atoms with Gasteiger partial charge in [-0.3, -0.25) is 14.9 Å². The van der Waals surface area contributed by atoms with Gasteiger partial charge in [-0.1, -0.05) is 11.6 Å². The number of rotatable bonds is 6. The molecule has 9 heteroatoms. The number of Topliss-reactive ketones (excluding diaryl/α,β-unsaturated/α-hetero) is 1. The van der Waals surface area contributed by atoms with E-state index in [-0.39, 0.29) is 22.9 Å². The molecule has 0 N–H and O–H groups in total. The second kappa shape index (κ2) is 7.51. The molecule has 1 rings (SSSR count). The predicted molar refractivity (Wildman–Crippen MR) is 78.6 cm³/mol. The highest BCUT2D eigenvalue weighted by Crippen LogP contribution is 2.22. The Hall–Kier alpha value is -2.48. The molecule has 1 heterocycles. The Balaban J connectivity index is 3.33. The van der Waals surface area contributed by atoms with E-state index in [1.165, 1.54) is 11.1 Å². The summed E-state index contributed by atoms with van der Waals surface area (Å²) in [7, 11) is 3.22. The fourth-order valence-electron chi connectivity index (χ4n) is 1.51. The number of nitrogens with zero attached hydrogens (tertiary/aromatic N) is 3. The van der Waals surface area contributed by atoms with Crippen LogP contribution in [0.3, 0.4) is 0 Å². The first-order valence-corrected chi connectivity index (χ1v) is 6.55. The van der Waals surface area contributed by atoms with Gasteiger partial charge in [-0.25, -0.2) is 9.78 Å². The van der Waals surface area contributed by atoms with Gasteiger partial charge < -0.3 is 9.64 Å². The van der Waals surface area contributed by atoms with Gasteiger partial charge in [-0.15, -0.1) is 0 Å². The highest BCUT2D eigenvalue weighted by molar-refractivity contribution is 6.36. The molecule has 0 amide bonds. The summed E-state index contributed by atoms with van der Waals surface area (Å²) >= 11 is 5.81. The maximum absolute atomic E-state index is 12.4. The van der Waals surface area contributed by atoms with Gasteiger partial charge in [-0.05, 0) is 6.92 Å². The Morgan fingerprint density at radius 2 is 2.14 bits per heavy atom. The molecule has 0 spiro atoms. The Labute approximate surface area is 131 Å². The lowest BCUT2D eigenvalue weighted by molar-refractivity contribution is -0.385. The Morgan fingerprint density at radius 1 is 1.50 bits per heavy atom. The van der Waals surface area contributed by atoms with Crippen molar-refractivity contribution < 1.29 is 19.2 Å². The van der Waals surface area contributed by atoms with Crippen LogP contribution < -0.4 is 0 Å². The van der Waals surface area contributed by atoms with E-state index in [9.17, 15) is 19.7 Å². The maximum Gasteiger partial charge on any atom is 0.343 e. The molecule has 0 saturated carbocycles. The molecule has 0 aliphatic rings. The summed E-state index contributed by atoms with van der Waals surface area (Å²) in [5.41, 5.74) is -0.936. The van der Waals surface area contributed by atoms with Crippen LogP contribution in [0.1, 0.15) is 17.3 Å². The maximum atomic E-state index is 12.4. The van der Waals surface area contributed by atoms with E-state index in [1.54, 1.807) is 21.0 Å². The van der Waals surface area contributed by atoms with Gasteiger partial charge in [-0.2, -0.15) is 0 Å². The number of halogens is 1. The third-order valence-corrected chi connectivity index (χ3v) is 2.71. The summed E-state index contributed by atoms with van der Waals surface area (Å²) in [5, 5.41) is 10.5. The van der Waals surface area contributed by atoms with Gasteiger partial charge in [0.15, 0.2) is 0 Å².